The molecular weight excluding hydrogens is 901 g/mol. The van der Waals surface area contributed by atoms with E-state index in [1.165, 1.54) is 27.4 Å². The molecule has 0 saturated carbocycles. The predicted octanol–water partition coefficient (Wildman–Crippen LogP) is 7.41. The van der Waals surface area contributed by atoms with Crippen LogP contribution >= 0.6 is 0 Å². The van der Waals surface area contributed by atoms with Crippen LogP contribution in [-0.2, 0) is 47.5 Å². The molecule has 19 heteroatoms. The minimum atomic E-state index is -5.20. The Labute approximate surface area is 384 Å². The average molecular weight is 946 g/mol. The Morgan fingerprint density at radius 2 is 1.56 bits per heavy atom. The van der Waals surface area contributed by atoms with Gasteiger partial charge in [0.2, 0.25) is 5.88 Å². The van der Waals surface area contributed by atoms with E-state index in [9.17, 15) is 45.8 Å². The second kappa shape index (κ2) is 17.0. The number of fused-ring (bicyclic) bond motifs is 7. The fourth-order valence-electron chi connectivity index (χ4n) is 10.1. The molecule has 6 aliphatic rings. The van der Waals surface area contributed by atoms with Crippen molar-refractivity contribution < 1.29 is 60.0 Å². The number of pyridine rings is 1. The summed E-state index contributed by atoms with van der Waals surface area (Å²) in [7, 11) is 3.61. The zero-order valence-corrected chi connectivity index (χ0v) is 38.1. The maximum atomic E-state index is 15.1. The molecule has 2 aromatic rings. The van der Waals surface area contributed by atoms with Crippen LogP contribution in [-0.4, -0.2) is 66.0 Å². The molecule has 0 radical (unpaired) electrons. The maximum absolute atomic E-state index is 15.1. The van der Waals surface area contributed by atoms with Crippen molar-refractivity contribution in [2.24, 2.45) is 43.1 Å². The van der Waals surface area contributed by atoms with Crippen LogP contribution in [0.1, 0.15) is 82.6 Å². The Kier molecular flexibility index (Phi) is 11.9. The standard InChI is InChI=1S/C49H45F6N5O8/c1-9-27-21(2)31-17-32-22(3)28(11-13-37(61)66-6)41(58-32)39-42-38(43(62)60(44(39)63)20-24-14-25(48(50,51)52)16-26(15-24)49(53,54)55)23(4)33(59-42)18-35-30-12-10-29(45(64)67-7)40(46(65)68-8)47(30,5)36(57-35)19-34(27)56-31/h10,12,14-18,22,28,40,62H,9,11,13,19-20H2,1-8H3/t22-,28-,40?,47?/m0/s1. The van der Waals surface area contributed by atoms with E-state index in [4.69, 9.17) is 34.2 Å². The number of rotatable bonds is 8. The topological polar surface area (TPSA) is 171 Å². The SMILES string of the molecule is CCC1=C(C)C2=CC3=NC(=c4c5c(c(O)n(Cc6cc(C(F)(F)F)cc(C(F)(F)F)c6)c4=O)C(C)=C(C=C4N=C(CC1=N2)C1(C)C4=CC=C(C(=O)OC)C1C(=O)OC)N=5)[C@@H](CCC(=O)OC)[C@@H]3C. The third-order valence-electron chi connectivity index (χ3n) is 13.8. The van der Waals surface area contributed by atoms with Gasteiger partial charge < -0.3 is 19.3 Å². The average Bonchev–Trinajstić information content (AvgIpc) is 3.96. The summed E-state index contributed by atoms with van der Waals surface area (Å²) in [5.74, 6) is -5.33. The lowest BCUT2D eigenvalue weighted by molar-refractivity contribution is -0.149. The zero-order valence-electron chi connectivity index (χ0n) is 38.1. The Morgan fingerprint density at radius 1 is 0.882 bits per heavy atom. The molecule has 8 rings (SSSR count). The molecule has 4 atom stereocenters. The lowest BCUT2D eigenvalue weighted by Crippen LogP contribution is -2.48. The molecule has 1 aromatic carbocycles. The molecule has 0 fully saturated rings. The highest BCUT2D eigenvalue weighted by molar-refractivity contribution is 6.20. The number of ether oxygens (including phenoxy) is 3. The summed E-state index contributed by atoms with van der Waals surface area (Å²) in [6.07, 6.45) is -3.38. The normalized spacial score (nSPS) is 22.9. The molecule has 0 spiro atoms. The van der Waals surface area contributed by atoms with E-state index in [-0.39, 0.29) is 69.7 Å². The van der Waals surface area contributed by atoms with Crippen molar-refractivity contribution >= 4 is 46.3 Å². The monoisotopic (exact) mass is 945 g/mol. The molecule has 2 unspecified atom stereocenters. The van der Waals surface area contributed by atoms with Crippen molar-refractivity contribution in [2.75, 3.05) is 21.3 Å². The number of carbonyl (C=O) groups excluding carboxylic acids is 3. The highest BCUT2D eigenvalue weighted by atomic mass is 19.4. The summed E-state index contributed by atoms with van der Waals surface area (Å²) >= 11 is 0. The number of esters is 3. The Morgan fingerprint density at radius 3 is 2.16 bits per heavy atom. The summed E-state index contributed by atoms with van der Waals surface area (Å²) in [4.78, 5) is 75.1. The third-order valence-corrected chi connectivity index (χ3v) is 13.8. The largest absolute Gasteiger partial charge is 0.494 e. The molecular formula is C49H45F6N5O8. The lowest BCUT2D eigenvalue weighted by atomic mass is 9.62. The molecule has 1 N–H and O–H groups in total. The van der Waals surface area contributed by atoms with Gasteiger partial charge in [-0.1, -0.05) is 26.0 Å². The Balaban J connectivity index is 1.48. The highest BCUT2D eigenvalue weighted by Crippen LogP contribution is 2.54. The summed E-state index contributed by atoms with van der Waals surface area (Å²) < 4.78 is 101. The van der Waals surface area contributed by atoms with E-state index >= 15 is 4.79 Å². The summed E-state index contributed by atoms with van der Waals surface area (Å²) in [5.41, 5.74) is -1.29. The van der Waals surface area contributed by atoms with E-state index in [0.29, 0.717) is 51.5 Å². The van der Waals surface area contributed by atoms with Gasteiger partial charge in [0.1, 0.15) is 5.92 Å². The first kappa shape index (κ1) is 47.6. The number of benzene rings is 1. The van der Waals surface area contributed by atoms with Gasteiger partial charge in [0.05, 0.1) is 94.6 Å². The minimum absolute atomic E-state index is 0.0159. The number of halogens is 6. The first-order valence-electron chi connectivity index (χ1n) is 21.6. The number of allylic oxidation sites excluding steroid dienone is 8. The molecule has 1 aromatic heterocycles. The summed E-state index contributed by atoms with van der Waals surface area (Å²) in [6, 6.07) is 0.928. The zero-order chi connectivity index (χ0) is 49.5. The summed E-state index contributed by atoms with van der Waals surface area (Å²) in [5, 5.41) is 11.8. The molecule has 356 valence electrons. The number of aromatic nitrogens is 1. The number of nitrogens with zero attached hydrogens (tertiary/aromatic N) is 5. The van der Waals surface area contributed by atoms with Gasteiger partial charge in [-0.25, -0.2) is 9.79 Å². The van der Waals surface area contributed by atoms with Crippen LogP contribution in [0.3, 0.4) is 0 Å². The molecule has 5 aliphatic heterocycles. The van der Waals surface area contributed by atoms with Crippen LogP contribution < -0.4 is 16.1 Å². The molecule has 13 nitrogen and oxygen atoms in total. The van der Waals surface area contributed by atoms with Crippen LogP contribution in [0.15, 0.2) is 107 Å². The number of carbonyl (C=O) groups is 3. The van der Waals surface area contributed by atoms with E-state index < -0.39 is 88.1 Å². The van der Waals surface area contributed by atoms with Gasteiger partial charge in [0.15, 0.2) is 0 Å². The van der Waals surface area contributed by atoms with Crippen molar-refractivity contribution in [3.63, 3.8) is 0 Å². The number of aromatic hydroxyl groups is 1. The minimum Gasteiger partial charge on any atom is -0.494 e. The molecule has 1 aliphatic carbocycles. The van der Waals surface area contributed by atoms with Gasteiger partial charge in [-0.05, 0) is 91.8 Å². The van der Waals surface area contributed by atoms with Crippen LogP contribution in [0, 0.1) is 23.2 Å². The van der Waals surface area contributed by atoms with Crippen molar-refractivity contribution in [3.05, 3.63) is 125 Å². The van der Waals surface area contributed by atoms with Gasteiger partial charge in [-0.3, -0.25) is 33.9 Å². The Hall–Kier alpha value is -6.92. The summed E-state index contributed by atoms with van der Waals surface area (Å²) in [6.45, 7) is 8.06. The van der Waals surface area contributed by atoms with Gasteiger partial charge in [-0.15, -0.1) is 0 Å². The molecule has 6 heterocycles. The fraction of sp³-hybridized carbons (Fsp3) is 0.388. The van der Waals surface area contributed by atoms with E-state index in [2.05, 4.69) is 0 Å². The van der Waals surface area contributed by atoms with E-state index in [1.54, 1.807) is 32.1 Å². The third kappa shape index (κ3) is 7.68. The molecule has 0 amide bonds. The van der Waals surface area contributed by atoms with Gasteiger partial charge in [0, 0.05) is 36.1 Å². The highest BCUT2D eigenvalue weighted by Gasteiger charge is 2.55. The van der Waals surface area contributed by atoms with Crippen molar-refractivity contribution in [2.45, 2.75) is 79.2 Å². The van der Waals surface area contributed by atoms with Gasteiger partial charge in [-0.2, -0.15) is 26.3 Å². The molecule has 8 bridgehead atoms. The Bertz CT molecular complexity index is 3110. The van der Waals surface area contributed by atoms with Crippen LogP contribution in [0.5, 0.6) is 5.88 Å². The number of alkyl halides is 6. The number of hydrogen-bond donors (Lipinski definition) is 1. The second-order valence-electron chi connectivity index (χ2n) is 17.4. The second-order valence-corrected chi connectivity index (χ2v) is 17.4. The van der Waals surface area contributed by atoms with Gasteiger partial charge >= 0.3 is 30.3 Å². The first-order valence-corrected chi connectivity index (χ1v) is 21.6. The van der Waals surface area contributed by atoms with E-state index in [1.807, 2.05) is 20.8 Å². The first-order chi connectivity index (χ1) is 32.0. The fourth-order valence-corrected chi connectivity index (χ4v) is 10.1. The van der Waals surface area contributed by atoms with Crippen molar-refractivity contribution in [3.8, 4) is 5.88 Å². The van der Waals surface area contributed by atoms with Crippen LogP contribution in [0.25, 0.3) is 11.3 Å². The number of hydrogen-bond acceptors (Lipinski definition) is 12. The number of aliphatic imine (C=N–C) groups is 3. The predicted molar refractivity (Wildman–Crippen MR) is 236 cm³/mol. The van der Waals surface area contributed by atoms with Crippen LogP contribution in [0.2, 0.25) is 0 Å². The molecule has 68 heavy (non-hydrogen) atoms. The smallest absolute Gasteiger partial charge is 0.416 e. The van der Waals surface area contributed by atoms with E-state index in [0.717, 1.165) is 11.1 Å². The number of methoxy groups -OCH3 is 3. The van der Waals surface area contributed by atoms with Crippen molar-refractivity contribution in [1.82, 2.24) is 4.57 Å². The lowest BCUT2D eigenvalue weighted by Gasteiger charge is -2.38. The van der Waals surface area contributed by atoms with Crippen LogP contribution in [0.4, 0.5) is 26.3 Å². The quantitative estimate of drug-likeness (QED) is 0.162. The maximum Gasteiger partial charge on any atom is 0.416 e. The molecule has 0 saturated heterocycles. The van der Waals surface area contributed by atoms with Crippen molar-refractivity contribution in [1.29, 1.82) is 0 Å². The van der Waals surface area contributed by atoms with Gasteiger partial charge in [0.25, 0.3) is 5.56 Å².